The van der Waals surface area contributed by atoms with Gasteiger partial charge in [0.25, 0.3) is 11.8 Å². The van der Waals surface area contributed by atoms with E-state index in [0.717, 1.165) is 12.8 Å². The number of hydrogen-bond acceptors (Lipinski definition) is 3. The van der Waals surface area contributed by atoms with Crippen LogP contribution in [-0.4, -0.2) is 17.9 Å². The number of carbonyl (C=O) groups excluding carboxylic acids is 2. The number of carbonyl (C=O) groups is 2. The van der Waals surface area contributed by atoms with Crippen LogP contribution in [-0.2, 0) is 0 Å². The van der Waals surface area contributed by atoms with Gasteiger partial charge >= 0.3 is 0 Å². The molecule has 1 aliphatic rings. The summed E-state index contributed by atoms with van der Waals surface area (Å²) in [5, 5.41) is 5.88. The summed E-state index contributed by atoms with van der Waals surface area (Å²) in [5.74, 6) is -0.324. The highest BCUT2D eigenvalue weighted by molar-refractivity contribution is 6.07. The molecule has 5 heteroatoms. The number of amides is 2. The normalized spacial score (nSPS) is 14.7. The summed E-state index contributed by atoms with van der Waals surface area (Å²) < 4.78 is 0. The number of anilines is 2. The predicted octanol–water partition coefficient (Wildman–Crippen LogP) is 3.58. The molecule has 2 aromatic carbocycles. The van der Waals surface area contributed by atoms with Crippen LogP contribution in [0.4, 0.5) is 11.4 Å². The van der Waals surface area contributed by atoms with Crippen molar-refractivity contribution >= 4 is 23.2 Å². The maximum Gasteiger partial charge on any atom is 0.257 e. The topological polar surface area (TPSA) is 84.2 Å². The molecular weight excluding hydrogens is 314 g/mol. The summed E-state index contributed by atoms with van der Waals surface area (Å²) >= 11 is 0. The van der Waals surface area contributed by atoms with E-state index in [1.165, 1.54) is 19.3 Å². The molecule has 0 aromatic heterocycles. The zero-order valence-electron chi connectivity index (χ0n) is 14.1. The molecule has 4 N–H and O–H groups in total. The highest BCUT2D eigenvalue weighted by atomic mass is 16.2. The SMILES string of the molecule is Nc1ccccc1C(=O)Nc1ccc(C(=O)NC2CCCCC2)cc1. The lowest BCUT2D eigenvalue weighted by atomic mass is 9.95. The van der Waals surface area contributed by atoms with Gasteiger partial charge in [0.2, 0.25) is 0 Å². The van der Waals surface area contributed by atoms with Crippen LogP contribution >= 0.6 is 0 Å². The van der Waals surface area contributed by atoms with Gasteiger partial charge in [0, 0.05) is 23.0 Å². The van der Waals surface area contributed by atoms with E-state index >= 15 is 0 Å². The molecule has 0 heterocycles. The van der Waals surface area contributed by atoms with E-state index in [1.54, 1.807) is 48.5 Å². The molecule has 0 unspecified atom stereocenters. The van der Waals surface area contributed by atoms with E-state index in [9.17, 15) is 9.59 Å². The van der Waals surface area contributed by atoms with Crippen LogP contribution in [0.2, 0.25) is 0 Å². The van der Waals surface area contributed by atoms with Crippen LogP contribution < -0.4 is 16.4 Å². The molecule has 1 aliphatic carbocycles. The third kappa shape index (κ3) is 4.38. The van der Waals surface area contributed by atoms with Crippen LogP contribution in [0.5, 0.6) is 0 Å². The van der Waals surface area contributed by atoms with Gasteiger partial charge in [0.15, 0.2) is 0 Å². The first kappa shape index (κ1) is 17.0. The largest absolute Gasteiger partial charge is 0.398 e. The highest BCUT2D eigenvalue weighted by Gasteiger charge is 2.16. The minimum Gasteiger partial charge on any atom is -0.398 e. The fraction of sp³-hybridized carbons (Fsp3) is 0.300. The first-order chi connectivity index (χ1) is 12.1. The molecule has 2 amide bonds. The third-order valence-corrected chi connectivity index (χ3v) is 4.55. The molecule has 1 saturated carbocycles. The Morgan fingerprint density at radius 3 is 2.24 bits per heavy atom. The lowest BCUT2D eigenvalue weighted by molar-refractivity contribution is 0.0927. The number of nitrogens with two attached hydrogens (primary N) is 1. The molecule has 130 valence electrons. The zero-order chi connectivity index (χ0) is 17.6. The molecule has 1 fully saturated rings. The monoisotopic (exact) mass is 337 g/mol. The van der Waals surface area contributed by atoms with Crippen molar-refractivity contribution in [3.05, 3.63) is 59.7 Å². The fourth-order valence-electron chi connectivity index (χ4n) is 3.12. The second-order valence-corrected chi connectivity index (χ2v) is 6.43. The minimum atomic E-state index is -0.266. The number of para-hydroxylation sites is 1. The van der Waals surface area contributed by atoms with Gasteiger partial charge in [0.05, 0.1) is 5.56 Å². The summed E-state index contributed by atoms with van der Waals surface area (Å²) in [6.45, 7) is 0. The van der Waals surface area contributed by atoms with E-state index in [-0.39, 0.29) is 17.9 Å². The Balaban J connectivity index is 1.61. The molecule has 3 rings (SSSR count). The Morgan fingerprint density at radius 2 is 1.56 bits per heavy atom. The maximum atomic E-state index is 12.3. The molecule has 0 spiro atoms. The highest BCUT2D eigenvalue weighted by Crippen LogP contribution is 2.19. The molecular formula is C20H23N3O2. The molecule has 0 saturated heterocycles. The fourth-order valence-corrected chi connectivity index (χ4v) is 3.12. The molecule has 2 aromatic rings. The van der Waals surface area contributed by atoms with Gasteiger partial charge in [0.1, 0.15) is 0 Å². The quantitative estimate of drug-likeness (QED) is 0.746. The van der Waals surface area contributed by atoms with E-state index in [0.29, 0.717) is 22.5 Å². The van der Waals surface area contributed by atoms with Crippen molar-refractivity contribution in [2.75, 3.05) is 11.1 Å². The lowest BCUT2D eigenvalue weighted by Gasteiger charge is -2.22. The molecule has 25 heavy (non-hydrogen) atoms. The number of hydrogen-bond donors (Lipinski definition) is 3. The lowest BCUT2D eigenvalue weighted by Crippen LogP contribution is -2.36. The van der Waals surface area contributed by atoms with Crippen molar-refractivity contribution in [2.24, 2.45) is 0 Å². The van der Waals surface area contributed by atoms with Gasteiger partial charge in [-0.3, -0.25) is 9.59 Å². The Kier molecular flexibility index (Phi) is 5.33. The summed E-state index contributed by atoms with van der Waals surface area (Å²) in [6.07, 6.45) is 5.72. The van der Waals surface area contributed by atoms with Crippen molar-refractivity contribution in [3.8, 4) is 0 Å². The van der Waals surface area contributed by atoms with Crippen molar-refractivity contribution in [2.45, 2.75) is 38.1 Å². The standard InChI is InChI=1S/C20H23N3O2/c21-18-9-5-4-8-17(18)20(25)23-16-12-10-14(11-13-16)19(24)22-15-6-2-1-3-7-15/h4-5,8-13,15H,1-3,6-7,21H2,(H,22,24)(H,23,25). The summed E-state index contributed by atoms with van der Waals surface area (Å²) in [6, 6.07) is 14.1. The van der Waals surface area contributed by atoms with E-state index in [1.807, 2.05) is 0 Å². The number of nitrogens with one attached hydrogen (secondary N) is 2. The van der Waals surface area contributed by atoms with Gasteiger partial charge in [-0.05, 0) is 49.2 Å². The molecule has 0 bridgehead atoms. The molecule has 5 nitrogen and oxygen atoms in total. The minimum absolute atomic E-state index is 0.0583. The predicted molar refractivity (Wildman–Crippen MR) is 99.6 cm³/mol. The van der Waals surface area contributed by atoms with Gasteiger partial charge in [-0.1, -0.05) is 31.4 Å². The number of nitrogen functional groups attached to an aromatic ring is 1. The average molecular weight is 337 g/mol. The van der Waals surface area contributed by atoms with Crippen molar-refractivity contribution in [3.63, 3.8) is 0 Å². The third-order valence-electron chi connectivity index (χ3n) is 4.55. The molecule has 0 aliphatic heterocycles. The summed E-state index contributed by atoms with van der Waals surface area (Å²) in [7, 11) is 0. The Bertz CT molecular complexity index is 750. The summed E-state index contributed by atoms with van der Waals surface area (Å²) in [5.41, 5.74) is 7.91. The van der Waals surface area contributed by atoms with Crippen LogP contribution in [0.25, 0.3) is 0 Å². The summed E-state index contributed by atoms with van der Waals surface area (Å²) in [4.78, 5) is 24.5. The van der Waals surface area contributed by atoms with Crippen LogP contribution in [0.15, 0.2) is 48.5 Å². The molecule has 0 radical (unpaired) electrons. The first-order valence-corrected chi connectivity index (χ1v) is 8.70. The van der Waals surface area contributed by atoms with E-state index < -0.39 is 0 Å². The van der Waals surface area contributed by atoms with Crippen LogP contribution in [0, 0.1) is 0 Å². The second kappa shape index (κ2) is 7.83. The van der Waals surface area contributed by atoms with E-state index in [4.69, 9.17) is 5.73 Å². The Hall–Kier alpha value is -2.82. The van der Waals surface area contributed by atoms with Gasteiger partial charge in [-0.2, -0.15) is 0 Å². The van der Waals surface area contributed by atoms with Crippen molar-refractivity contribution in [1.82, 2.24) is 5.32 Å². The number of rotatable bonds is 4. The van der Waals surface area contributed by atoms with Gasteiger partial charge in [-0.15, -0.1) is 0 Å². The van der Waals surface area contributed by atoms with Crippen molar-refractivity contribution in [1.29, 1.82) is 0 Å². The van der Waals surface area contributed by atoms with Crippen LogP contribution in [0.3, 0.4) is 0 Å². The molecule has 0 atom stereocenters. The number of benzene rings is 2. The van der Waals surface area contributed by atoms with Gasteiger partial charge in [-0.25, -0.2) is 0 Å². The van der Waals surface area contributed by atoms with Gasteiger partial charge < -0.3 is 16.4 Å². The van der Waals surface area contributed by atoms with Crippen LogP contribution in [0.1, 0.15) is 52.8 Å². The van der Waals surface area contributed by atoms with Crippen molar-refractivity contribution < 1.29 is 9.59 Å². The Labute approximate surface area is 147 Å². The maximum absolute atomic E-state index is 12.3. The second-order valence-electron chi connectivity index (χ2n) is 6.43. The smallest absolute Gasteiger partial charge is 0.257 e. The average Bonchev–Trinajstić information content (AvgIpc) is 2.63. The first-order valence-electron chi connectivity index (χ1n) is 8.70. The zero-order valence-corrected chi connectivity index (χ0v) is 14.1. The Morgan fingerprint density at radius 1 is 0.880 bits per heavy atom. The van der Waals surface area contributed by atoms with E-state index in [2.05, 4.69) is 10.6 Å².